The number of likely N-dealkylation sites (N-methyl/N-ethyl adjacent to an activating group) is 1. The third-order valence-corrected chi connectivity index (χ3v) is 6.29. The maximum atomic E-state index is 12.0. The van der Waals surface area contributed by atoms with Gasteiger partial charge >= 0.3 is 0 Å². The zero-order valence-electron chi connectivity index (χ0n) is 12.5. The second kappa shape index (κ2) is 6.43. The zero-order valence-corrected chi connectivity index (χ0v) is 13.4. The highest BCUT2D eigenvalue weighted by Crippen LogP contribution is 2.28. The number of nitrogens with zero attached hydrogens (tertiary/aromatic N) is 2. The fraction of sp³-hybridized carbons (Fsp3) is 0.929. The summed E-state index contributed by atoms with van der Waals surface area (Å²) in [4.78, 5) is 15.8. The Morgan fingerprint density at radius 1 is 1.05 bits per heavy atom. The van der Waals surface area contributed by atoms with Crippen molar-refractivity contribution in [1.29, 1.82) is 0 Å². The molecule has 0 aromatic carbocycles. The van der Waals surface area contributed by atoms with Gasteiger partial charge < -0.3 is 4.90 Å². The summed E-state index contributed by atoms with van der Waals surface area (Å²) in [6.07, 6.45) is 6.51. The SMILES string of the molecule is CN(C)C(=O)CN(C1CCCCC1)[C@@H]1CCS(=O)(=O)C1. The molecule has 0 radical (unpaired) electrons. The average molecular weight is 302 g/mol. The molecular formula is C14H26N2O3S. The quantitative estimate of drug-likeness (QED) is 0.774. The molecule has 2 fully saturated rings. The predicted molar refractivity (Wildman–Crippen MR) is 79.3 cm³/mol. The largest absolute Gasteiger partial charge is 0.348 e. The molecule has 1 aliphatic carbocycles. The van der Waals surface area contributed by atoms with E-state index in [1.54, 1.807) is 19.0 Å². The summed E-state index contributed by atoms with van der Waals surface area (Å²) in [5.41, 5.74) is 0. The molecule has 1 heterocycles. The van der Waals surface area contributed by atoms with Gasteiger partial charge in [-0.1, -0.05) is 19.3 Å². The van der Waals surface area contributed by atoms with E-state index in [1.807, 2.05) is 0 Å². The summed E-state index contributed by atoms with van der Waals surface area (Å²) in [6, 6.07) is 0.415. The fourth-order valence-electron chi connectivity index (χ4n) is 3.30. The van der Waals surface area contributed by atoms with Gasteiger partial charge in [0.15, 0.2) is 9.84 Å². The van der Waals surface area contributed by atoms with Crippen LogP contribution in [0.25, 0.3) is 0 Å². The van der Waals surface area contributed by atoms with Crippen LogP contribution in [0.1, 0.15) is 38.5 Å². The lowest BCUT2D eigenvalue weighted by Gasteiger charge is -2.38. The van der Waals surface area contributed by atoms with Crippen molar-refractivity contribution in [2.75, 3.05) is 32.1 Å². The highest BCUT2D eigenvalue weighted by Gasteiger charge is 2.36. The molecule has 20 heavy (non-hydrogen) atoms. The van der Waals surface area contributed by atoms with Crippen molar-refractivity contribution < 1.29 is 13.2 Å². The summed E-state index contributed by atoms with van der Waals surface area (Å²) >= 11 is 0. The van der Waals surface area contributed by atoms with Gasteiger partial charge in [0.2, 0.25) is 5.91 Å². The van der Waals surface area contributed by atoms with Crippen molar-refractivity contribution in [3.8, 4) is 0 Å². The minimum absolute atomic E-state index is 0.0343. The van der Waals surface area contributed by atoms with Crippen molar-refractivity contribution in [2.45, 2.75) is 50.6 Å². The molecule has 1 amide bonds. The van der Waals surface area contributed by atoms with E-state index in [9.17, 15) is 13.2 Å². The average Bonchev–Trinajstić information content (AvgIpc) is 2.76. The number of carbonyl (C=O) groups excluding carboxylic acids is 1. The Morgan fingerprint density at radius 2 is 1.70 bits per heavy atom. The lowest BCUT2D eigenvalue weighted by molar-refractivity contribution is -0.131. The number of hydrogen-bond acceptors (Lipinski definition) is 4. The second-order valence-corrected chi connectivity index (χ2v) is 8.54. The van der Waals surface area contributed by atoms with Gasteiger partial charge in [-0.25, -0.2) is 8.42 Å². The highest BCUT2D eigenvalue weighted by atomic mass is 32.2. The summed E-state index contributed by atoms with van der Waals surface area (Å²) in [7, 11) is 0.612. The molecule has 1 saturated heterocycles. The summed E-state index contributed by atoms with van der Waals surface area (Å²) < 4.78 is 23.5. The van der Waals surface area contributed by atoms with Crippen LogP contribution in [0, 0.1) is 0 Å². The zero-order chi connectivity index (χ0) is 14.8. The maximum Gasteiger partial charge on any atom is 0.236 e. The smallest absolute Gasteiger partial charge is 0.236 e. The normalized spacial score (nSPS) is 26.9. The van der Waals surface area contributed by atoms with E-state index in [-0.39, 0.29) is 23.5 Å². The van der Waals surface area contributed by atoms with Gasteiger partial charge in [0.25, 0.3) is 0 Å². The molecular weight excluding hydrogens is 276 g/mol. The van der Waals surface area contributed by atoms with Gasteiger partial charge in [0.1, 0.15) is 0 Å². The van der Waals surface area contributed by atoms with Crippen LogP contribution in [0.3, 0.4) is 0 Å². The number of carbonyl (C=O) groups is 1. The van der Waals surface area contributed by atoms with Crippen LogP contribution in [0.5, 0.6) is 0 Å². The van der Waals surface area contributed by atoms with Crippen molar-refractivity contribution in [2.24, 2.45) is 0 Å². The Balaban J connectivity index is 2.09. The molecule has 2 aliphatic rings. The molecule has 0 bridgehead atoms. The standard InChI is InChI=1S/C14H26N2O3S/c1-15(2)14(17)10-16(12-6-4-3-5-7-12)13-8-9-20(18,19)11-13/h12-13H,3-11H2,1-2H3/t13-/m1/s1. The minimum atomic E-state index is -2.90. The van der Waals surface area contributed by atoms with Crippen LogP contribution >= 0.6 is 0 Å². The first-order chi connectivity index (χ1) is 9.39. The monoisotopic (exact) mass is 302 g/mol. The first kappa shape index (κ1) is 15.8. The number of hydrogen-bond donors (Lipinski definition) is 0. The minimum Gasteiger partial charge on any atom is -0.348 e. The molecule has 1 aliphatic heterocycles. The van der Waals surface area contributed by atoms with E-state index in [1.165, 1.54) is 19.3 Å². The third kappa shape index (κ3) is 3.95. The third-order valence-electron chi connectivity index (χ3n) is 4.54. The predicted octanol–water partition coefficient (Wildman–Crippen LogP) is 0.896. The van der Waals surface area contributed by atoms with Crippen molar-refractivity contribution >= 4 is 15.7 Å². The van der Waals surface area contributed by atoms with Crippen LogP contribution in [0.4, 0.5) is 0 Å². The summed E-state index contributed by atoms with van der Waals surface area (Å²) in [5.74, 6) is 0.571. The molecule has 5 nitrogen and oxygen atoms in total. The fourth-order valence-corrected chi connectivity index (χ4v) is 5.05. The van der Waals surface area contributed by atoms with E-state index in [4.69, 9.17) is 0 Å². The van der Waals surface area contributed by atoms with Gasteiger partial charge in [-0.15, -0.1) is 0 Å². The molecule has 0 aromatic rings. The lowest BCUT2D eigenvalue weighted by atomic mass is 9.93. The van der Waals surface area contributed by atoms with Gasteiger partial charge in [0.05, 0.1) is 18.1 Å². The van der Waals surface area contributed by atoms with E-state index < -0.39 is 9.84 Å². The molecule has 1 saturated carbocycles. The number of sulfone groups is 1. The summed E-state index contributed by atoms with van der Waals surface area (Å²) in [5, 5.41) is 0. The van der Waals surface area contributed by atoms with E-state index in [0.29, 0.717) is 19.0 Å². The van der Waals surface area contributed by atoms with Crippen LogP contribution in [-0.4, -0.2) is 68.4 Å². The number of rotatable bonds is 4. The van der Waals surface area contributed by atoms with Crippen molar-refractivity contribution in [3.63, 3.8) is 0 Å². The van der Waals surface area contributed by atoms with Crippen LogP contribution in [0.2, 0.25) is 0 Å². The van der Waals surface area contributed by atoms with Crippen LogP contribution < -0.4 is 0 Å². The summed E-state index contributed by atoms with van der Waals surface area (Å²) in [6.45, 7) is 0.359. The van der Waals surface area contributed by atoms with E-state index >= 15 is 0 Å². The van der Waals surface area contributed by atoms with Crippen molar-refractivity contribution in [1.82, 2.24) is 9.80 Å². The maximum absolute atomic E-state index is 12.0. The first-order valence-electron chi connectivity index (χ1n) is 7.55. The van der Waals surface area contributed by atoms with E-state index in [2.05, 4.69) is 4.90 Å². The Kier molecular flexibility index (Phi) is 5.07. The van der Waals surface area contributed by atoms with E-state index in [0.717, 1.165) is 12.8 Å². The number of amides is 1. The van der Waals surface area contributed by atoms with Crippen LogP contribution in [0.15, 0.2) is 0 Å². The van der Waals surface area contributed by atoms with Crippen LogP contribution in [-0.2, 0) is 14.6 Å². The van der Waals surface area contributed by atoms with Crippen molar-refractivity contribution in [3.05, 3.63) is 0 Å². The van der Waals surface area contributed by atoms with Gasteiger partial charge in [-0.3, -0.25) is 9.69 Å². The van der Waals surface area contributed by atoms with Gasteiger partial charge in [0, 0.05) is 26.2 Å². The Hall–Kier alpha value is -0.620. The molecule has 0 N–H and O–H groups in total. The molecule has 0 spiro atoms. The molecule has 6 heteroatoms. The molecule has 0 aromatic heterocycles. The Bertz CT molecular complexity index is 441. The Labute approximate surface area is 122 Å². The molecule has 2 rings (SSSR count). The topological polar surface area (TPSA) is 57.7 Å². The molecule has 0 unspecified atom stereocenters. The lowest BCUT2D eigenvalue weighted by Crippen LogP contribution is -2.49. The first-order valence-corrected chi connectivity index (χ1v) is 9.37. The second-order valence-electron chi connectivity index (χ2n) is 6.31. The van der Waals surface area contributed by atoms with Gasteiger partial charge in [-0.2, -0.15) is 0 Å². The molecule has 116 valence electrons. The highest BCUT2D eigenvalue weighted by molar-refractivity contribution is 7.91. The molecule has 1 atom stereocenters. The Morgan fingerprint density at radius 3 is 2.20 bits per heavy atom. The van der Waals surface area contributed by atoms with Gasteiger partial charge in [-0.05, 0) is 19.3 Å².